The quantitative estimate of drug-likeness (QED) is 0.328. The summed E-state index contributed by atoms with van der Waals surface area (Å²) in [7, 11) is 0. The molecule has 220 valence electrons. The van der Waals surface area contributed by atoms with Crippen LogP contribution in [0.2, 0.25) is 0 Å². The minimum Gasteiger partial charge on any atom is -0.494 e. The van der Waals surface area contributed by atoms with Crippen molar-refractivity contribution in [3.8, 4) is 5.75 Å². The second kappa shape index (κ2) is 12.1. The number of rotatable bonds is 11. The Morgan fingerprint density at radius 2 is 1.85 bits per heavy atom. The van der Waals surface area contributed by atoms with Crippen molar-refractivity contribution in [2.75, 3.05) is 18.5 Å². The number of carbonyl (C=O) groups excluding carboxylic acids is 3. The lowest BCUT2D eigenvalue weighted by Gasteiger charge is -2.38. The third-order valence-electron chi connectivity index (χ3n) is 8.87. The monoisotopic (exact) mass is 627 g/mol. The Kier molecular flexibility index (Phi) is 8.73. The van der Waals surface area contributed by atoms with Gasteiger partial charge in [0.1, 0.15) is 17.4 Å². The molecule has 3 amide bonds. The van der Waals surface area contributed by atoms with Crippen LogP contribution in [0.4, 0.5) is 5.69 Å². The van der Waals surface area contributed by atoms with Crippen molar-refractivity contribution in [2.45, 2.75) is 68.8 Å². The average Bonchev–Trinajstić information content (AvgIpc) is 3.57. The van der Waals surface area contributed by atoms with E-state index in [1.807, 2.05) is 51.1 Å². The van der Waals surface area contributed by atoms with Gasteiger partial charge in [-0.15, -0.1) is 0 Å². The third-order valence-corrected chi connectivity index (χ3v) is 9.71. The topological polar surface area (TPSA) is 117 Å². The fourth-order valence-electron chi connectivity index (χ4n) is 6.75. The molecular formula is C31H38BrN3O6. The van der Waals surface area contributed by atoms with E-state index in [1.54, 1.807) is 24.3 Å². The Hall–Kier alpha value is -2.95. The number of nitrogens with one attached hydrogen (secondary N) is 2. The van der Waals surface area contributed by atoms with Gasteiger partial charge >= 0.3 is 0 Å². The summed E-state index contributed by atoms with van der Waals surface area (Å²) in [5.41, 5.74) is 0.306. The minimum atomic E-state index is -1.20. The van der Waals surface area contributed by atoms with Crippen LogP contribution in [-0.4, -0.2) is 69.6 Å². The second-order valence-electron chi connectivity index (χ2n) is 11.2. The Labute approximate surface area is 249 Å². The molecule has 10 heteroatoms. The molecular weight excluding hydrogens is 590 g/mol. The van der Waals surface area contributed by atoms with Gasteiger partial charge in [-0.2, -0.15) is 0 Å². The molecule has 8 atom stereocenters. The molecule has 3 N–H and O–H groups in total. The third kappa shape index (κ3) is 5.26. The van der Waals surface area contributed by atoms with E-state index in [4.69, 9.17) is 9.47 Å². The van der Waals surface area contributed by atoms with Gasteiger partial charge in [-0.05, 0) is 49.1 Å². The van der Waals surface area contributed by atoms with Gasteiger partial charge in [-0.1, -0.05) is 66.5 Å². The standard InChI is InChI=1S/C31H38BrN3O6/c1-4-18(3)23(17-36)35-27(29(38)33-16-19-9-7-6-8-10-19)31-15-22(32)26(41-31)24(25(31)30(35)39)28(37)34-20-11-13-21(14-12-20)40-5-2/h6-14,18,22-27,36H,4-5,15-17H2,1-3H3,(H,33,38)(H,34,37)/t18-,22?,23-,24+,25-,26+,27?,31?/m0/s1. The molecule has 0 saturated carbocycles. The number of alkyl halides is 1. The zero-order chi connectivity index (χ0) is 29.3. The molecule has 0 aromatic heterocycles. The fraction of sp³-hybridized carbons (Fsp3) is 0.516. The van der Waals surface area contributed by atoms with Crippen molar-refractivity contribution < 1.29 is 29.0 Å². The number of nitrogens with zero attached hydrogens (tertiary/aromatic N) is 1. The van der Waals surface area contributed by atoms with E-state index in [0.717, 1.165) is 5.56 Å². The maximum Gasteiger partial charge on any atom is 0.246 e. The summed E-state index contributed by atoms with van der Waals surface area (Å²) in [6.07, 6.45) is 0.533. The van der Waals surface area contributed by atoms with E-state index in [-0.39, 0.29) is 41.6 Å². The van der Waals surface area contributed by atoms with E-state index in [2.05, 4.69) is 26.6 Å². The molecule has 2 aromatic rings. The number of halogens is 1. The molecule has 2 bridgehead atoms. The van der Waals surface area contributed by atoms with Crippen molar-refractivity contribution in [3.05, 3.63) is 60.2 Å². The summed E-state index contributed by atoms with van der Waals surface area (Å²) < 4.78 is 12.1. The van der Waals surface area contributed by atoms with E-state index in [0.29, 0.717) is 30.9 Å². The first kappa shape index (κ1) is 29.5. The van der Waals surface area contributed by atoms with Crippen LogP contribution >= 0.6 is 15.9 Å². The number of benzene rings is 2. The SMILES string of the molecule is CCOc1ccc(NC(=O)[C@H]2[C@@H]3OC4(CC3Br)C(C(=O)NCc3ccccc3)N([C@@H](CO)[C@@H](C)CC)C(=O)[C@H]24)cc1. The number of anilines is 1. The van der Waals surface area contributed by atoms with Gasteiger partial charge in [0.15, 0.2) is 0 Å². The number of aliphatic hydroxyl groups is 1. The van der Waals surface area contributed by atoms with Crippen molar-refractivity contribution in [2.24, 2.45) is 17.8 Å². The number of ether oxygens (including phenoxy) is 2. The molecule has 5 rings (SSSR count). The Balaban J connectivity index is 1.47. The minimum absolute atomic E-state index is 0.0725. The average molecular weight is 629 g/mol. The van der Waals surface area contributed by atoms with Gasteiger partial charge in [0.25, 0.3) is 0 Å². The van der Waals surface area contributed by atoms with Gasteiger partial charge in [-0.25, -0.2) is 0 Å². The molecule has 3 aliphatic rings. The molecule has 2 aromatic carbocycles. The van der Waals surface area contributed by atoms with Gasteiger partial charge < -0.3 is 30.1 Å². The highest BCUT2D eigenvalue weighted by Gasteiger charge is 2.77. The number of hydrogen-bond donors (Lipinski definition) is 3. The van der Waals surface area contributed by atoms with Gasteiger partial charge in [0.05, 0.1) is 37.2 Å². The summed E-state index contributed by atoms with van der Waals surface area (Å²) in [5.74, 6) is -2.04. The maximum atomic E-state index is 14.3. The summed E-state index contributed by atoms with van der Waals surface area (Å²) in [6.45, 7) is 6.37. The first-order valence-electron chi connectivity index (χ1n) is 14.4. The number of fused-ring (bicyclic) bond motifs is 1. The molecule has 3 fully saturated rings. The van der Waals surface area contributed by atoms with Crippen LogP contribution in [0.25, 0.3) is 0 Å². The van der Waals surface area contributed by atoms with E-state index in [9.17, 15) is 19.5 Å². The molecule has 1 spiro atoms. The van der Waals surface area contributed by atoms with Gasteiger partial charge in [0, 0.05) is 17.1 Å². The zero-order valence-corrected chi connectivity index (χ0v) is 25.2. The molecule has 3 aliphatic heterocycles. The summed E-state index contributed by atoms with van der Waals surface area (Å²) >= 11 is 3.70. The first-order valence-corrected chi connectivity index (χ1v) is 15.3. The molecule has 3 heterocycles. The lowest BCUT2D eigenvalue weighted by atomic mass is 9.70. The van der Waals surface area contributed by atoms with E-state index >= 15 is 0 Å². The lowest BCUT2D eigenvalue weighted by molar-refractivity contribution is -0.146. The Morgan fingerprint density at radius 1 is 1.15 bits per heavy atom. The Bertz CT molecular complexity index is 1260. The number of amides is 3. The smallest absolute Gasteiger partial charge is 0.246 e. The molecule has 3 saturated heterocycles. The normalized spacial score (nSPS) is 29.6. The van der Waals surface area contributed by atoms with Crippen molar-refractivity contribution in [1.29, 1.82) is 0 Å². The number of carbonyl (C=O) groups is 3. The highest BCUT2D eigenvalue weighted by atomic mass is 79.9. The van der Waals surface area contributed by atoms with Gasteiger partial charge in [-0.3, -0.25) is 14.4 Å². The lowest BCUT2D eigenvalue weighted by Crippen LogP contribution is -2.59. The van der Waals surface area contributed by atoms with Crippen molar-refractivity contribution in [1.82, 2.24) is 10.2 Å². The predicted octanol–water partition coefficient (Wildman–Crippen LogP) is 3.50. The van der Waals surface area contributed by atoms with E-state index < -0.39 is 35.6 Å². The van der Waals surface area contributed by atoms with Gasteiger partial charge in [0.2, 0.25) is 17.7 Å². The van der Waals surface area contributed by atoms with Crippen LogP contribution in [0.3, 0.4) is 0 Å². The summed E-state index contributed by atoms with van der Waals surface area (Å²) in [5, 5.41) is 16.4. The van der Waals surface area contributed by atoms with Crippen molar-refractivity contribution in [3.63, 3.8) is 0 Å². The van der Waals surface area contributed by atoms with Crippen molar-refractivity contribution >= 4 is 39.3 Å². The molecule has 3 unspecified atom stereocenters. The molecule has 41 heavy (non-hydrogen) atoms. The number of likely N-dealkylation sites (tertiary alicyclic amines) is 1. The Morgan fingerprint density at radius 3 is 2.49 bits per heavy atom. The molecule has 0 radical (unpaired) electrons. The first-order chi connectivity index (χ1) is 19.7. The molecule has 0 aliphatic carbocycles. The second-order valence-corrected chi connectivity index (χ2v) is 12.4. The van der Waals surface area contributed by atoms with Crippen LogP contribution in [0.5, 0.6) is 5.75 Å². The van der Waals surface area contributed by atoms with Crippen LogP contribution < -0.4 is 15.4 Å². The maximum absolute atomic E-state index is 14.3. The highest BCUT2D eigenvalue weighted by Crippen LogP contribution is 2.60. The van der Waals surface area contributed by atoms with Crippen LogP contribution in [0.1, 0.15) is 39.2 Å². The zero-order valence-electron chi connectivity index (χ0n) is 23.6. The van der Waals surface area contributed by atoms with Crippen LogP contribution in [-0.2, 0) is 25.7 Å². The van der Waals surface area contributed by atoms with Crippen LogP contribution in [0, 0.1) is 17.8 Å². The number of hydrogen-bond acceptors (Lipinski definition) is 6. The molecule has 9 nitrogen and oxygen atoms in total. The largest absolute Gasteiger partial charge is 0.494 e. The van der Waals surface area contributed by atoms with E-state index in [1.165, 1.54) is 4.90 Å². The fourth-order valence-corrected chi connectivity index (χ4v) is 7.69. The predicted molar refractivity (Wildman–Crippen MR) is 157 cm³/mol. The van der Waals surface area contributed by atoms with Crippen LogP contribution in [0.15, 0.2) is 54.6 Å². The highest BCUT2D eigenvalue weighted by molar-refractivity contribution is 9.09. The number of aliphatic hydroxyl groups excluding tert-OH is 1. The summed E-state index contributed by atoms with van der Waals surface area (Å²) in [4.78, 5) is 43.4. The summed E-state index contributed by atoms with van der Waals surface area (Å²) in [6, 6.07) is 15.0.